The van der Waals surface area contributed by atoms with Crippen LogP contribution in [-0.4, -0.2) is 12.5 Å². The second kappa shape index (κ2) is 6.15. The average molecular weight is 219 g/mol. The van der Waals surface area contributed by atoms with E-state index in [1.807, 2.05) is 24.3 Å². The van der Waals surface area contributed by atoms with Crippen molar-refractivity contribution >= 4 is 18.5 Å². The molecular formula is C12H13NOS. The lowest BCUT2D eigenvalue weighted by molar-refractivity contribution is -0.120. The maximum absolute atomic E-state index is 11.4. The van der Waals surface area contributed by atoms with E-state index in [9.17, 15) is 4.79 Å². The van der Waals surface area contributed by atoms with E-state index in [-0.39, 0.29) is 5.91 Å². The number of hydrogen-bond acceptors (Lipinski definition) is 2. The molecule has 1 N–H and O–H groups in total. The molecule has 0 aromatic heterocycles. The standard InChI is InChI=1S/C12H13NOS/c1-2-3-8-13-12(14)9-10-4-6-11(15)7-5-10/h4-7,15H,8-9H2,1H3,(H,13,14). The Labute approximate surface area is 95.5 Å². The van der Waals surface area contributed by atoms with Crippen LogP contribution >= 0.6 is 12.6 Å². The molecule has 0 saturated heterocycles. The van der Waals surface area contributed by atoms with Gasteiger partial charge in [0.05, 0.1) is 13.0 Å². The number of carbonyl (C=O) groups excluding carboxylic acids is 1. The highest BCUT2D eigenvalue weighted by atomic mass is 32.1. The fourth-order valence-corrected chi connectivity index (χ4v) is 1.24. The van der Waals surface area contributed by atoms with E-state index in [1.54, 1.807) is 6.92 Å². The first-order valence-corrected chi connectivity index (χ1v) is 5.11. The smallest absolute Gasteiger partial charge is 0.225 e. The summed E-state index contributed by atoms with van der Waals surface area (Å²) >= 11 is 4.17. The van der Waals surface area contributed by atoms with Gasteiger partial charge in [-0.15, -0.1) is 18.5 Å². The maximum Gasteiger partial charge on any atom is 0.225 e. The molecule has 0 aliphatic heterocycles. The normalized spacial score (nSPS) is 8.93. The first-order chi connectivity index (χ1) is 7.22. The SMILES string of the molecule is CC#CCNC(=O)Cc1ccc(S)cc1. The van der Waals surface area contributed by atoms with E-state index in [0.717, 1.165) is 10.5 Å². The predicted octanol–water partition coefficient (Wildman–Crippen LogP) is 1.66. The van der Waals surface area contributed by atoms with Crippen molar-refractivity contribution in [2.24, 2.45) is 0 Å². The zero-order chi connectivity index (χ0) is 11.1. The third kappa shape index (κ3) is 4.57. The lowest BCUT2D eigenvalue weighted by atomic mass is 10.1. The minimum Gasteiger partial charge on any atom is -0.345 e. The highest BCUT2D eigenvalue weighted by Gasteiger charge is 2.01. The molecule has 0 saturated carbocycles. The van der Waals surface area contributed by atoms with Gasteiger partial charge in [0.2, 0.25) is 5.91 Å². The van der Waals surface area contributed by atoms with Crippen LogP contribution < -0.4 is 5.32 Å². The summed E-state index contributed by atoms with van der Waals surface area (Å²) in [5.74, 6) is 5.49. The van der Waals surface area contributed by atoms with Crippen LogP contribution in [0.5, 0.6) is 0 Å². The Morgan fingerprint density at radius 1 is 1.40 bits per heavy atom. The van der Waals surface area contributed by atoms with E-state index in [2.05, 4.69) is 29.8 Å². The molecular weight excluding hydrogens is 206 g/mol. The average Bonchev–Trinajstić information content (AvgIpc) is 2.22. The Hall–Kier alpha value is -1.40. The summed E-state index contributed by atoms with van der Waals surface area (Å²) in [6, 6.07) is 7.54. The summed E-state index contributed by atoms with van der Waals surface area (Å²) in [5, 5.41) is 2.72. The van der Waals surface area contributed by atoms with Gasteiger partial charge < -0.3 is 5.32 Å². The van der Waals surface area contributed by atoms with Gasteiger partial charge in [-0.1, -0.05) is 18.1 Å². The molecule has 78 valence electrons. The van der Waals surface area contributed by atoms with Crippen molar-refractivity contribution in [3.8, 4) is 11.8 Å². The van der Waals surface area contributed by atoms with Crippen molar-refractivity contribution in [3.63, 3.8) is 0 Å². The topological polar surface area (TPSA) is 29.1 Å². The monoisotopic (exact) mass is 219 g/mol. The Bertz CT molecular complexity index is 386. The molecule has 0 radical (unpaired) electrons. The van der Waals surface area contributed by atoms with Gasteiger partial charge in [-0.2, -0.15) is 0 Å². The Morgan fingerprint density at radius 2 is 2.07 bits per heavy atom. The Balaban J connectivity index is 2.43. The fourth-order valence-electron chi connectivity index (χ4n) is 1.09. The lowest BCUT2D eigenvalue weighted by Gasteiger charge is -2.01. The summed E-state index contributed by atoms with van der Waals surface area (Å²) in [7, 11) is 0. The van der Waals surface area contributed by atoms with Gasteiger partial charge in [0.25, 0.3) is 0 Å². The molecule has 1 amide bonds. The number of benzene rings is 1. The van der Waals surface area contributed by atoms with Gasteiger partial charge in [0, 0.05) is 4.90 Å². The quantitative estimate of drug-likeness (QED) is 0.587. The largest absolute Gasteiger partial charge is 0.345 e. The van der Waals surface area contributed by atoms with Crippen molar-refractivity contribution < 1.29 is 4.79 Å². The third-order valence-electron chi connectivity index (χ3n) is 1.85. The van der Waals surface area contributed by atoms with Crippen LogP contribution in [0.25, 0.3) is 0 Å². The molecule has 3 heteroatoms. The van der Waals surface area contributed by atoms with Crippen molar-refractivity contribution in [3.05, 3.63) is 29.8 Å². The third-order valence-corrected chi connectivity index (χ3v) is 2.15. The minimum atomic E-state index is -0.00957. The molecule has 0 atom stereocenters. The summed E-state index contributed by atoms with van der Waals surface area (Å²) in [4.78, 5) is 12.3. The number of thiol groups is 1. The Morgan fingerprint density at radius 3 is 2.67 bits per heavy atom. The molecule has 0 aliphatic carbocycles. The van der Waals surface area contributed by atoms with Gasteiger partial charge in [-0.25, -0.2) is 0 Å². The van der Waals surface area contributed by atoms with Crippen molar-refractivity contribution in [1.29, 1.82) is 0 Å². The van der Waals surface area contributed by atoms with Crippen molar-refractivity contribution in [2.45, 2.75) is 18.2 Å². The number of hydrogen-bond donors (Lipinski definition) is 2. The molecule has 1 aromatic carbocycles. The number of rotatable bonds is 3. The molecule has 15 heavy (non-hydrogen) atoms. The second-order valence-corrected chi connectivity index (χ2v) is 3.56. The second-order valence-electron chi connectivity index (χ2n) is 3.05. The van der Waals surface area contributed by atoms with Gasteiger partial charge in [0.15, 0.2) is 0 Å². The number of carbonyl (C=O) groups is 1. The fraction of sp³-hybridized carbons (Fsp3) is 0.250. The summed E-state index contributed by atoms with van der Waals surface area (Å²) < 4.78 is 0. The van der Waals surface area contributed by atoms with Gasteiger partial charge in [-0.3, -0.25) is 4.79 Å². The van der Waals surface area contributed by atoms with Crippen LogP contribution in [0.4, 0.5) is 0 Å². The predicted molar refractivity (Wildman–Crippen MR) is 63.9 cm³/mol. The number of amides is 1. The van der Waals surface area contributed by atoms with Gasteiger partial charge in [0.1, 0.15) is 0 Å². The summed E-state index contributed by atoms with van der Waals surface area (Å²) in [6.07, 6.45) is 0.388. The lowest BCUT2D eigenvalue weighted by Crippen LogP contribution is -2.25. The molecule has 0 unspecified atom stereocenters. The van der Waals surface area contributed by atoms with E-state index in [0.29, 0.717) is 13.0 Å². The highest BCUT2D eigenvalue weighted by molar-refractivity contribution is 7.80. The molecule has 1 aromatic rings. The summed E-state index contributed by atoms with van der Waals surface area (Å²) in [6.45, 7) is 2.16. The van der Waals surface area contributed by atoms with Crippen LogP contribution in [-0.2, 0) is 11.2 Å². The first-order valence-electron chi connectivity index (χ1n) is 4.66. The molecule has 0 fully saturated rings. The van der Waals surface area contributed by atoms with Gasteiger partial charge >= 0.3 is 0 Å². The Kier molecular flexibility index (Phi) is 4.79. The first kappa shape index (κ1) is 11.7. The van der Waals surface area contributed by atoms with E-state index in [1.165, 1.54) is 0 Å². The van der Waals surface area contributed by atoms with E-state index >= 15 is 0 Å². The van der Waals surface area contributed by atoms with Crippen molar-refractivity contribution in [1.82, 2.24) is 5.32 Å². The zero-order valence-corrected chi connectivity index (χ0v) is 9.47. The molecule has 0 aliphatic rings. The summed E-state index contributed by atoms with van der Waals surface area (Å²) in [5.41, 5.74) is 0.981. The zero-order valence-electron chi connectivity index (χ0n) is 8.58. The van der Waals surface area contributed by atoms with Crippen LogP contribution in [0.15, 0.2) is 29.2 Å². The maximum atomic E-state index is 11.4. The van der Waals surface area contributed by atoms with Crippen LogP contribution in [0.1, 0.15) is 12.5 Å². The van der Waals surface area contributed by atoms with Crippen LogP contribution in [0.3, 0.4) is 0 Å². The molecule has 0 heterocycles. The molecule has 0 spiro atoms. The molecule has 2 nitrogen and oxygen atoms in total. The minimum absolute atomic E-state index is 0.00957. The molecule has 1 rings (SSSR count). The number of nitrogens with one attached hydrogen (secondary N) is 1. The van der Waals surface area contributed by atoms with Gasteiger partial charge in [-0.05, 0) is 24.6 Å². The van der Waals surface area contributed by atoms with Crippen molar-refractivity contribution in [2.75, 3.05) is 6.54 Å². The van der Waals surface area contributed by atoms with Crippen LogP contribution in [0.2, 0.25) is 0 Å². The van der Waals surface area contributed by atoms with E-state index in [4.69, 9.17) is 0 Å². The molecule has 0 bridgehead atoms. The van der Waals surface area contributed by atoms with E-state index < -0.39 is 0 Å². The van der Waals surface area contributed by atoms with Crippen LogP contribution in [0, 0.1) is 11.8 Å². The highest BCUT2D eigenvalue weighted by Crippen LogP contribution is 2.07.